The molecule has 3 heterocycles. The van der Waals surface area contributed by atoms with Crippen molar-refractivity contribution in [2.24, 2.45) is 0 Å². The summed E-state index contributed by atoms with van der Waals surface area (Å²) < 4.78 is 8.86. The maximum Gasteiger partial charge on any atom is 0.262 e. The second-order valence-electron chi connectivity index (χ2n) is 7.95. The second-order valence-corrected chi connectivity index (χ2v) is 9.03. The summed E-state index contributed by atoms with van der Waals surface area (Å²) in [6, 6.07) is 2.05. The summed E-state index contributed by atoms with van der Waals surface area (Å²) in [4.78, 5) is 32.8. The number of rotatable bonds is 6. The number of fused-ring (bicyclic) bond motifs is 3. The van der Waals surface area contributed by atoms with Gasteiger partial charge in [0.2, 0.25) is 0 Å². The van der Waals surface area contributed by atoms with Gasteiger partial charge in [-0.1, -0.05) is 0 Å². The average molecular weight is 414 g/mol. The first-order chi connectivity index (χ1) is 13.9. The molecule has 0 bridgehead atoms. The lowest BCUT2D eigenvalue weighted by Crippen LogP contribution is -2.25. The summed E-state index contributed by atoms with van der Waals surface area (Å²) in [5.41, 5.74) is 3.64. The lowest BCUT2D eigenvalue weighted by Gasteiger charge is -2.17. The second kappa shape index (κ2) is 7.88. The maximum absolute atomic E-state index is 13.1. The number of hydrogen-bond acceptors (Lipinski definition) is 5. The van der Waals surface area contributed by atoms with Crippen molar-refractivity contribution in [1.82, 2.24) is 14.1 Å². The minimum atomic E-state index is -0.0932. The topological polar surface area (TPSA) is 66.1 Å². The van der Waals surface area contributed by atoms with Gasteiger partial charge >= 0.3 is 0 Å². The fourth-order valence-corrected chi connectivity index (χ4v) is 5.81. The van der Waals surface area contributed by atoms with Crippen molar-refractivity contribution in [1.29, 1.82) is 0 Å². The Morgan fingerprint density at radius 2 is 2.07 bits per heavy atom. The van der Waals surface area contributed by atoms with Crippen LogP contribution in [0.4, 0.5) is 0 Å². The van der Waals surface area contributed by atoms with Crippen molar-refractivity contribution in [2.45, 2.75) is 59.0 Å². The van der Waals surface area contributed by atoms with E-state index in [1.165, 1.54) is 22.2 Å². The van der Waals surface area contributed by atoms with Crippen LogP contribution in [0.3, 0.4) is 0 Å². The molecule has 0 unspecified atom stereocenters. The van der Waals surface area contributed by atoms with Crippen molar-refractivity contribution in [3.05, 3.63) is 50.1 Å². The number of thiophene rings is 1. The molecule has 1 aliphatic carbocycles. The number of Topliss-reactive ketones (excluding diaryl/α,β-unsaturated/α-hetero) is 1. The van der Waals surface area contributed by atoms with Crippen LogP contribution in [0.1, 0.15) is 58.0 Å². The number of ether oxygens (including phenoxy) is 1. The third kappa shape index (κ3) is 3.46. The molecule has 29 heavy (non-hydrogen) atoms. The standard InChI is InChI=1S/C22H27N3O3S/c1-13-9-17(15(3)25(13)14(2)11-28-4)18(26)10-24-12-23-21-20(22(24)27)16-7-5-6-8-19(16)29-21/h9,12,14H,5-8,10-11H2,1-4H3/t14-/m0/s1. The van der Waals surface area contributed by atoms with Crippen LogP contribution in [0.2, 0.25) is 0 Å². The van der Waals surface area contributed by atoms with Gasteiger partial charge in [0.05, 0.1) is 30.9 Å². The number of aryl methyl sites for hydroxylation is 3. The Kier molecular flexibility index (Phi) is 5.44. The SMILES string of the molecule is COC[C@H](C)n1c(C)cc(C(=O)Cn2cnc3sc4c(c3c2=O)CCCC4)c1C. The Morgan fingerprint density at radius 3 is 2.83 bits per heavy atom. The van der Waals surface area contributed by atoms with E-state index >= 15 is 0 Å². The molecule has 0 spiro atoms. The van der Waals surface area contributed by atoms with E-state index in [0.717, 1.165) is 46.4 Å². The number of aromatic nitrogens is 3. The van der Waals surface area contributed by atoms with Crippen LogP contribution in [0.25, 0.3) is 10.2 Å². The van der Waals surface area contributed by atoms with Crippen LogP contribution in [0, 0.1) is 13.8 Å². The molecular weight excluding hydrogens is 386 g/mol. The highest BCUT2D eigenvalue weighted by Gasteiger charge is 2.22. The molecule has 1 atom stereocenters. The molecule has 1 aliphatic rings. The molecule has 4 rings (SSSR count). The molecule has 0 radical (unpaired) electrons. The Hall–Kier alpha value is -2.25. The highest BCUT2D eigenvalue weighted by Crippen LogP contribution is 2.33. The molecule has 3 aromatic heterocycles. The van der Waals surface area contributed by atoms with Gasteiger partial charge in [0.15, 0.2) is 5.78 Å². The fourth-order valence-electron chi connectivity index (χ4n) is 4.59. The Labute approximate surface area is 174 Å². The third-order valence-corrected chi connectivity index (χ3v) is 7.09. The minimum Gasteiger partial charge on any atom is -0.383 e. The summed E-state index contributed by atoms with van der Waals surface area (Å²) in [6.45, 7) is 6.60. The first-order valence-corrected chi connectivity index (χ1v) is 10.9. The van der Waals surface area contributed by atoms with Crippen LogP contribution in [0.5, 0.6) is 0 Å². The molecule has 0 amide bonds. The van der Waals surface area contributed by atoms with Crippen LogP contribution in [-0.2, 0) is 24.1 Å². The van der Waals surface area contributed by atoms with Gasteiger partial charge < -0.3 is 9.30 Å². The molecule has 6 nitrogen and oxygen atoms in total. The Morgan fingerprint density at radius 1 is 1.31 bits per heavy atom. The zero-order valence-corrected chi connectivity index (χ0v) is 18.3. The molecule has 0 aromatic carbocycles. The smallest absolute Gasteiger partial charge is 0.262 e. The van der Waals surface area contributed by atoms with Crippen LogP contribution in [0.15, 0.2) is 17.2 Å². The van der Waals surface area contributed by atoms with E-state index in [1.807, 2.05) is 19.9 Å². The molecule has 7 heteroatoms. The molecule has 0 N–H and O–H groups in total. The number of carbonyl (C=O) groups excluding carboxylic acids is 1. The van der Waals surface area contributed by atoms with Crippen molar-refractivity contribution >= 4 is 27.3 Å². The Bertz CT molecular complexity index is 1140. The van der Waals surface area contributed by atoms with Crippen LogP contribution >= 0.6 is 11.3 Å². The predicted octanol–water partition coefficient (Wildman–Crippen LogP) is 3.85. The summed E-state index contributed by atoms with van der Waals surface area (Å²) in [5.74, 6) is -0.0682. The number of ketones is 1. The van der Waals surface area contributed by atoms with E-state index in [4.69, 9.17) is 4.74 Å². The zero-order chi connectivity index (χ0) is 20.7. The highest BCUT2D eigenvalue weighted by molar-refractivity contribution is 7.18. The summed E-state index contributed by atoms with van der Waals surface area (Å²) in [5, 5.41) is 0.721. The molecule has 0 saturated carbocycles. The van der Waals surface area contributed by atoms with Gasteiger partial charge in [0.25, 0.3) is 5.56 Å². The summed E-state index contributed by atoms with van der Waals surface area (Å²) >= 11 is 1.63. The van der Waals surface area contributed by atoms with Crippen molar-refractivity contribution in [3.8, 4) is 0 Å². The Balaban J connectivity index is 1.67. The highest BCUT2D eigenvalue weighted by atomic mass is 32.1. The van der Waals surface area contributed by atoms with E-state index in [9.17, 15) is 9.59 Å². The van der Waals surface area contributed by atoms with E-state index < -0.39 is 0 Å². The van der Waals surface area contributed by atoms with Gasteiger partial charge in [-0.05, 0) is 58.1 Å². The summed E-state index contributed by atoms with van der Waals surface area (Å²) in [7, 11) is 1.68. The predicted molar refractivity (Wildman–Crippen MR) is 115 cm³/mol. The van der Waals surface area contributed by atoms with Gasteiger partial charge in [-0.3, -0.25) is 14.2 Å². The largest absolute Gasteiger partial charge is 0.383 e. The summed E-state index contributed by atoms with van der Waals surface area (Å²) in [6.07, 6.45) is 5.77. The number of nitrogens with zero attached hydrogens (tertiary/aromatic N) is 3. The minimum absolute atomic E-state index is 0.00927. The van der Waals surface area contributed by atoms with Crippen LogP contribution in [-0.4, -0.2) is 33.6 Å². The zero-order valence-electron chi connectivity index (χ0n) is 17.4. The van der Waals surface area contributed by atoms with E-state index in [-0.39, 0.29) is 23.9 Å². The van der Waals surface area contributed by atoms with Gasteiger partial charge in [-0.25, -0.2) is 4.98 Å². The average Bonchev–Trinajstić information content (AvgIpc) is 3.21. The lowest BCUT2D eigenvalue weighted by molar-refractivity contribution is 0.0969. The first-order valence-electron chi connectivity index (χ1n) is 10.1. The molecule has 0 aliphatic heterocycles. The van der Waals surface area contributed by atoms with Crippen molar-refractivity contribution < 1.29 is 9.53 Å². The molecule has 154 valence electrons. The van der Waals surface area contributed by atoms with Gasteiger partial charge in [-0.2, -0.15) is 0 Å². The third-order valence-electron chi connectivity index (χ3n) is 5.89. The fraction of sp³-hybridized carbons (Fsp3) is 0.500. The maximum atomic E-state index is 13.1. The molecular formula is C22H27N3O3S. The van der Waals surface area contributed by atoms with Gasteiger partial charge in [0.1, 0.15) is 4.83 Å². The molecule has 3 aromatic rings. The van der Waals surface area contributed by atoms with Crippen molar-refractivity contribution in [2.75, 3.05) is 13.7 Å². The molecule has 0 saturated heterocycles. The monoisotopic (exact) mass is 413 g/mol. The van der Waals surface area contributed by atoms with E-state index in [1.54, 1.807) is 18.4 Å². The van der Waals surface area contributed by atoms with Gasteiger partial charge in [-0.15, -0.1) is 11.3 Å². The normalized spacial score (nSPS) is 14.9. The quantitative estimate of drug-likeness (QED) is 0.576. The number of hydrogen-bond donors (Lipinski definition) is 0. The number of methoxy groups -OCH3 is 1. The van der Waals surface area contributed by atoms with Crippen molar-refractivity contribution in [3.63, 3.8) is 0 Å². The van der Waals surface area contributed by atoms with Gasteiger partial charge in [0, 0.05) is 28.9 Å². The first kappa shape index (κ1) is 20.0. The lowest BCUT2D eigenvalue weighted by atomic mass is 9.97. The van der Waals surface area contributed by atoms with Crippen LogP contribution < -0.4 is 5.56 Å². The van der Waals surface area contributed by atoms with E-state index in [0.29, 0.717) is 12.2 Å². The number of carbonyl (C=O) groups is 1. The van der Waals surface area contributed by atoms with E-state index in [2.05, 4.69) is 16.5 Å². The molecule has 0 fully saturated rings.